The number of nitriles is 1. The Hall–Kier alpha value is -5.53. The zero-order valence-electron chi connectivity index (χ0n) is 22.3. The number of para-hydroxylation sites is 3. The minimum absolute atomic E-state index is 0.101. The van der Waals surface area contributed by atoms with Gasteiger partial charge in [-0.1, -0.05) is 97.1 Å². The second-order valence-corrected chi connectivity index (χ2v) is 10.5. The number of rotatable bonds is 3. The zero-order chi connectivity index (χ0) is 27.3. The van der Waals surface area contributed by atoms with Gasteiger partial charge < -0.3 is 9.80 Å². The molecule has 0 fully saturated rings. The second-order valence-electron chi connectivity index (χ2n) is 10.5. The molecule has 41 heavy (non-hydrogen) atoms. The van der Waals surface area contributed by atoms with Crippen LogP contribution in [-0.2, 0) is 0 Å². The van der Waals surface area contributed by atoms with Gasteiger partial charge in [0.05, 0.1) is 11.6 Å². The van der Waals surface area contributed by atoms with Crippen LogP contribution in [0.15, 0.2) is 146 Å². The maximum atomic E-state index is 10.2. The molecule has 0 spiro atoms. The summed E-state index contributed by atoms with van der Waals surface area (Å²) in [5, 5.41) is 10.2. The van der Waals surface area contributed by atoms with E-state index in [1.807, 2.05) is 24.3 Å². The van der Waals surface area contributed by atoms with Crippen molar-refractivity contribution >= 4 is 57.2 Å². The summed E-state index contributed by atoms with van der Waals surface area (Å²) in [7, 11) is 0. The molecule has 2 aliphatic rings. The lowest BCUT2D eigenvalue weighted by Crippen LogP contribution is -2.61. The number of hydrogen-bond donors (Lipinski definition) is 0. The normalized spacial score (nSPS) is 12.7. The van der Waals surface area contributed by atoms with Gasteiger partial charge in [-0.3, -0.25) is 0 Å². The molecule has 3 nitrogen and oxygen atoms in total. The first-order valence-electron chi connectivity index (χ1n) is 13.9. The Kier molecular flexibility index (Phi) is 5.30. The van der Waals surface area contributed by atoms with Crippen LogP contribution in [0.3, 0.4) is 0 Å². The fourth-order valence-electron chi connectivity index (χ4n) is 6.60. The van der Waals surface area contributed by atoms with Crippen LogP contribution in [0, 0.1) is 11.3 Å². The lowest BCUT2D eigenvalue weighted by molar-refractivity contribution is 1.25. The number of benzene rings is 6. The van der Waals surface area contributed by atoms with Crippen molar-refractivity contribution in [3.63, 3.8) is 0 Å². The first kappa shape index (κ1) is 23.4. The van der Waals surface area contributed by atoms with Crippen LogP contribution in [0.1, 0.15) is 5.56 Å². The molecule has 6 aromatic rings. The molecular weight excluding hydrogens is 497 g/mol. The number of hydrogen-bond acceptors (Lipinski definition) is 3. The fraction of sp³-hybridized carbons (Fsp3) is 0. The Balaban J connectivity index is 1.39. The molecule has 6 aromatic carbocycles. The summed E-state index contributed by atoms with van der Waals surface area (Å²) < 4.78 is 0. The number of fused-ring (bicyclic) bond motifs is 4. The van der Waals surface area contributed by atoms with Gasteiger partial charge >= 0.3 is 0 Å². The Morgan fingerprint density at radius 1 is 0.488 bits per heavy atom. The second kappa shape index (κ2) is 9.29. The first-order chi connectivity index (χ1) is 20.3. The van der Waals surface area contributed by atoms with Gasteiger partial charge in [0.2, 0.25) is 0 Å². The summed E-state index contributed by atoms with van der Waals surface area (Å²) in [4.78, 5) is 4.72. The molecular formula is C37H24BN3. The van der Waals surface area contributed by atoms with Crippen molar-refractivity contribution in [3.8, 4) is 17.2 Å². The van der Waals surface area contributed by atoms with Crippen LogP contribution in [0.5, 0.6) is 0 Å². The van der Waals surface area contributed by atoms with E-state index in [4.69, 9.17) is 0 Å². The molecule has 0 amide bonds. The highest BCUT2D eigenvalue weighted by Crippen LogP contribution is 2.44. The smallest absolute Gasteiger partial charge is 0.252 e. The molecule has 0 bridgehead atoms. The van der Waals surface area contributed by atoms with Crippen molar-refractivity contribution in [2.45, 2.75) is 0 Å². The minimum Gasteiger partial charge on any atom is -0.311 e. The standard InChI is InChI=1S/C37H24BN3/c39-25-27-24-29(22-23-30(27)26-12-3-1-4-13-26)41-34-19-10-8-17-32(34)38-31-16-7-9-18-33(31)40(28-14-5-2-6-15-28)35-20-11-21-36(41)37(35)38/h1-24H. The molecule has 8 rings (SSSR count). The third-order valence-electron chi connectivity index (χ3n) is 8.29. The summed E-state index contributed by atoms with van der Waals surface area (Å²) in [6.07, 6.45) is 0. The van der Waals surface area contributed by atoms with Crippen LogP contribution in [0.4, 0.5) is 34.1 Å². The maximum absolute atomic E-state index is 10.2. The van der Waals surface area contributed by atoms with E-state index in [0.29, 0.717) is 5.56 Å². The monoisotopic (exact) mass is 521 g/mol. The largest absolute Gasteiger partial charge is 0.311 e. The van der Waals surface area contributed by atoms with Crippen LogP contribution in [-0.4, -0.2) is 6.71 Å². The van der Waals surface area contributed by atoms with E-state index in [0.717, 1.165) is 33.9 Å². The summed E-state index contributed by atoms with van der Waals surface area (Å²) in [6, 6.07) is 53.5. The van der Waals surface area contributed by atoms with E-state index in [1.165, 1.54) is 27.8 Å². The van der Waals surface area contributed by atoms with Crippen molar-refractivity contribution in [2.75, 3.05) is 9.80 Å². The summed E-state index contributed by atoms with van der Waals surface area (Å²) in [6.45, 7) is 0.101. The molecule has 2 heterocycles. The highest BCUT2D eigenvalue weighted by Gasteiger charge is 2.42. The van der Waals surface area contributed by atoms with Gasteiger partial charge in [0, 0.05) is 34.1 Å². The predicted molar refractivity (Wildman–Crippen MR) is 171 cm³/mol. The Morgan fingerprint density at radius 3 is 1.66 bits per heavy atom. The average Bonchev–Trinajstić information content (AvgIpc) is 3.05. The van der Waals surface area contributed by atoms with Crippen molar-refractivity contribution < 1.29 is 0 Å². The molecule has 0 radical (unpaired) electrons. The van der Waals surface area contributed by atoms with E-state index in [-0.39, 0.29) is 6.71 Å². The predicted octanol–water partition coefficient (Wildman–Crippen LogP) is 7.31. The SMILES string of the molecule is N#Cc1cc(N2c3ccccc3B3c4ccccc4N(c4ccccc4)c4cccc2c43)ccc1-c1ccccc1. The molecule has 0 aliphatic carbocycles. The third kappa shape index (κ3) is 3.53. The molecule has 0 N–H and O–H groups in total. The zero-order valence-corrected chi connectivity index (χ0v) is 22.3. The number of anilines is 6. The molecule has 0 saturated carbocycles. The summed E-state index contributed by atoms with van der Waals surface area (Å²) in [5.74, 6) is 0. The lowest BCUT2D eigenvalue weighted by Gasteiger charge is -2.44. The quantitative estimate of drug-likeness (QED) is 0.229. The number of nitrogens with zero attached hydrogens (tertiary/aromatic N) is 3. The Bertz CT molecular complexity index is 1980. The van der Waals surface area contributed by atoms with Crippen molar-refractivity contribution in [1.82, 2.24) is 0 Å². The highest BCUT2D eigenvalue weighted by molar-refractivity contribution is 7.00. The van der Waals surface area contributed by atoms with Crippen molar-refractivity contribution in [3.05, 3.63) is 151 Å². The highest BCUT2D eigenvalue weighted by atomic mass is 15.2. The van der Waals surface area contributed by atoms with Crippen LogP contribution < -0.4 is 26.2 Å². The fourth-order valence-corrected chi connectivity index (χ4v) is 6.60. The van der Waals surface area contributed by atoms with Gasteiger partial charge in [0.25, 0.3) is 6.71 Å². The van der Waals surface area contributed by atoms with Gasteiger partial charge in [-0.15, -0.1) is 0 Å². The Labute approximate surface area is 240 Å². The topological polar surface area (TPSA) is 30.3 Å². The third-order valence-corrected chi connectivity index (χ3v) is 8.29. The molecule has 0 aromatic heterocycles. The van der Waals surface area contributed by atoms with Crippen molar-refractivity contribution in [2.24, 2.45) is 0 Å². The van der Waals surface area contributed by atoms with E-state index in [1.54, 1.807) is 0 Å². The van der Waals surface area contributed by atoms with Gasteiger partial charge in [0.15, 0.2) is 0 Å². The van der Waals surface area contributed by atoms with E-state index < -0.39 is 0 Å². The van der Waals surface area contributed by atoms with E-state index >= 15 is 0 Å². The minimum atomic E-state index is 0.101. The molecule has 4 heteroatoms. The average molecular weight is 521 g/mol. The van der Waals surface area contributed by atoms with Gasteiger partial charge in [0.1, 0.15) is 0 Å². The molecule has 0 atom stereocenters. The van der Waals surface area contributed by atoms with Gasteiger partial charge in [-0.05, 0) is 76.0 Å². The van der Waals surface area contributed by atoms with Gasteiger partial charge in [-0.2, -0.15) is 5.26 Å². The maximum Gasteiger partial charge on any atom is 0.252 e. The molecule has 0 saturated heterocycles. The lowest BCUT2D eigenvalue weighted by atomic mass is 9.33. The van der Waals surface area contributed by atoms with Crippen LogP contribution in [0.25, 0.3) is 11.1 Å². The summed E-state index contributed by atoms with van der Waals surface area (Å²) in [5.41, 5.74) is 13.3. The molecule has 190 valence electrons. The van der Waals surface area contributed by atoms with Crippen LogP contribution >= 0.6 is 0 Å². The van der Waals surface area contributed by atoms with E-state index in [2.05, 4.69) is 137 Å². The summed E-state index contributed by atoms with van der Waals surface area (Å²) >= 11 is 0. The van der Waals surface area contributed by atoms with Gasteiger partial charge in [-0.25, -0.2) is 0 Å². The molecule has 0 unspecified atom stereocenters. The molecule has 2 aliphatic heterocycles. The van der Waals surface area contributed by atoms with Crippen LogP contribution in [0.2, 0.25) is 0 Å². The first-order valence-corrected chi connectivity index (χ1v) is 13.9. The van der Waals surface area contributed by atoms with Crippen molar-refractivity contribution in [1.29, 1.82) is 5.26 Å². The van der Waals surface area contributed by atoms with E-state index in [9.17, 15) is 5.26 Å². The Morgan fingerprint density at radius 2 is 1.02 bits per heavy atom.